The lowest BCUT2D eigenvalue weighted by atomic mass is 10.3. The second-order valence-electron chi connectivity index (χ2n) is 7.69. The van der Waals surface area contributed by atoms with Crippen molar-refractivity contribution in [1.29, 1.82) is 0 Å². The van der Waals surface area contributed by atoms with Crippen LogP contribution in [0.4, 0.5) is 5.69 Å². The van der Waals surface area contributed by atoms with E-state index in [-0.39, 0.29) is 6.61 Å². The number of benzene rings is 1. The highest BCUT2D eigenvalue weighted by Crippen LogP contribution is 2.12. The Morgan fingerprint density at radius 1 is 0.538 bits per heavy atom. The Balaban J connectivity index is 1.65. The van der Waals surface area contributed by atoms with Gasteiger partial charge in [0.2, 0.25) is 0 Å². The van der Waals surface area contributed by atoms with Crippen molar-refractivity contribution < 1.29 is 52.2 Å². The molecule has 0 aromatic heterocycles. The molecule has 0 unspecified atom stereocenters. The predicted octanol–water partition coefficient (Wildman–Crippen LogP) is 1.51. The smallest absolute Gasteiger partial charge is 0.330 e. The SMILES string of the molecule is C=CC(=O)OCCOCCOCCOCCOCCOCCOCCOCCOCCOc1ccc(N)cc1. The van der Waals surface area contributed by atoms with Crippen LogP contribution in [0.25, 0.3) is 0 Å². The van der Waals surface area contributed by atoms with Gasteiger partial charge >= 0.3 is 5.97 Å². The zero-order chi connectivity index (χ0) is 28.1. The summed E-state index contributed by atoms with van der Waals surface area (Å²) in [5, 5.41) is 0. The number of nitrogens with two attached hydrogens (primary N) is 1. The van der Waals surface area contributed by atoms with E-state index in [1.165, 1.54) is 0 Å². The molecule has 12 heteroatoms. The molecule has 0 saturated carbocycles. The van der Waals surface area contributed by atoms with E-state index in [1.807, 2.05) is 12.1 Å². The third-order valence-corrected chi connectivity index (χ3v) is 4.62. The number of carbonyl (C=O) groups is 1. The number of esters is 1. The lowest BCUT2D eigenvalue weighted by Gasteiger charge is -2.09. The Morgan fingerprint density at radius 3 is 1.18 bits per heavy atom. The van der Waals surface area contributed by atoms with Crippen molar-refractivity contribution in [1.82, 2.24) is 0 Å². The van der Waals surface area contributed by atoms with Crippen molar-refractivity contribution in [2.75, 3.05) is 125 Å². The number of rotatable bonds is 29. The van der Waals surface area contributed by atoms with Crippen LogP contribution in [0, 0.1) is 0 Å². The maximum Gasteiger partial charge on any atom is 0.330 e. The number of anilines is 1. The van der Waals surface area contributed by atoms with Crippen LogP contribution >= 0.6 is 0 Å². The first-order valence-corrected chi connectivity index (χ1v) is 13.1. The van der Waals surface area contributed by atoms with Gasteiger partial charge in [-0.25, -0.2) is 4.79 Å². The van der Waals surface area contributed by atoms with Crippen LogP contribution in [0.3, 0.4) is 0 Å². The van der Waals surface area contributed by atoms with E-state index >= 15 is 0 Å². The van der Waals surface area contributed by atoms with Crippen LogP contribution < -0.4 is 10.5 Å². The summed E-state index contributed by atoms with van der Waals surface area (Å²) >= 11 is 0. The summed E-state index contributed by atoms with van der Waals surface area (Å²) < 4.78 is 53.6. The lowest BCUT2D eigenvalue weighted by molar-refractivity contribution is -0.139. The largest absolute Gasteiger partial charge is 0.491 e. The molecule has 2 N–H and O–H groups in total. The maximum absolute atomic E-state index is 10.8. The van der Waals surface area contributed by atoms with Crippen molar-refractivity contribution >= 4 is 11.7 Å². The Bertz CT molecular complexity index is 691. The van der Waals surface area contributed by atoms with Crippen LogP contribution in [0.1, 0.15) is 0 Å². The summed E-state index contributed by atoms with van der Waals surface area (Å²) in [6.45, 7) is 11.6. The molecule has 224 valence electrons. The Hall–Kier alpha value is -2.29. The lowest BCUT2D eigenvalue weighted by Crippen LogP contribution is -2.15. The highest BCUT2D eigenvalue weighted by atomic mass is 16.6. The number of carbonyl (C=O) groups excluding carboxylic acids is 1. The molecule has 12 nitrogen and oxygen atoms in total. The molecule has 0 aliphatic carbocycles. The van der Waals surface area contributed by atoms with E-state index in [1.54, 1.807) is 12.1 Å². The van der Waals surface area contributed by atoms with E-state index in [0.29, 0.717) is 118 Å². The van der Waals surface area contributed by atoms with Gasteiger partial charge in [0.05, 0.1) is 106 Å². The fraction of sp³-hybridized carbons (Fsp3) is 0.667. The maximum atomic E-state index is 10.8. The zero-order valence-electron chi connectivity index (χ0n) is 22.9. The van der Waals surface area contributed by atoms with E-state index in [2.05, 4.69) is 6.58 Å². The molecule has 39 heavy (non-hydrogen) atoms. The molecule has 0 fully saturated rings. The van der Waals surface area contributed by atoms with Gasteiger partial charge in [-0.2, -0.15) is 0 Å². The van der Waals surface area contributed by atoms with E-state index in [4.69, 9.17) is 53.1 Å². The molecule has 1 rings (SSSR count). The fourth-order valence-corrected chi connectivity index (χ4v) is 2.68. The zero-order valence-corrected chi connectivity index (χ0v) is 22.9. The van der Waals surface area contributed by atoms with E-state index in [0.717, 1.165) is 11.8 Å². The highest BCUT2D eigenvalue weighted by Gasteiger charge is 1.97. The minimum Gasteiger partial charge on any atom is -0.491 e. The first kappa shape index (κ1) is 34.7. The van der Waals surface area contributed by atoms with Gasteiger partial charge < -0.3 is 53.1 Å². The van der Waals surface area contributed by atoms with Crippen LogP contribution in [-0.2, 0) is 47.4 Å². The molecule has 0 atom stereocenters. The van der Waals surface area contributed by atoms with Crippen molar-refractivity contribution in [3.63, 3.8) is 0 Å². The summed E-state index contributed by atoms with van der Waals surface area (Å²) in [7, 11) is 0. The average Bonchev–Trinajstić information content (AvgIpc) is 2.95. The van der Waals surface area contributed by atoms with E-state index < -0.39 is 5.97 Å². The van der Waals surface area contributed by atoms with Gasteiger partial charge in [-0.3, -0.25) is 0 Å². The Kier molecular flexibility index (Phi) is 24.3. The molecule has 0 spiro atoms. The average molecular weight is 560 g/mol. The molecular weight excluding hydrogens is 514 g/mol. The standard InChI is InChI=1S/C27H45NO11/c1-2-27(29)39-24-22-37-20-18-35-16-14-33-12-10-31-8-7-30-9-11-32-13-15-34-17-19-36-21-23-38-26-5-3-25(28)4-6-26/h2-6H,1,7-24,28H2. The summed E-state index contributed by atoms with van der Waals surface area (Å²) in [4.78, 5) is 10.8. The number of hydrogen-bond acceptors (Lipinski definition) is 12. The number of hydrogen-bond donors (Lipinski definition) is 1. The molecule has 0 aliphatic rings. The van der Waals surface area contributed by atoms with Gasteiger partial charge in [-0.1, -0.05) is 6.58 Å². The molecule has 1 aromatic rings. The third-order valence-electron chi connectivity index (χ3n) is 4.62. The Labute approximate surface area is 231 Å². The summed E-state index contributed by atoms with van der Waals surface area (Å²) in [6.07, 6.45) is 1.11. The topological polar surface area (TPSA) is 135 Å². The molecule has 0 saturated heterocycles. The molecule has 0 bridgehead atoms. The highest BCUT2D eigenvalue weighted by molar-refractivity contribution is 5.81. The second-order valence-corrected chi connectivity index (χ2v) is 7.69. The van der Waals surface area contributed by atoms with Crippen LogP contribution in [0.2, 0.25) is 0 Å². The van der Waals surface area contributed by atoms with Crippen LogP contribution in [0.15, 0.2) is 36.9 Å². The monoisotopic (exact) mass is 559 g/mol. The quantitative estimate of drug-likeness (QED) is 0.0660. The number of nitrogen functional groups attached to an aromatic ring is 1. The summed E-state index contributed by atoms with van der Waals surface area (Å²) in [5.74, 6) is 0.310. The summed E-state index contributed by atoms with van der Waals surface area (Å²) in [5.41, 5.74) is 6.34. The summed E-state index contributed by atoms with van der Waals surface area (Å²) in [6, 6.07) is 7.25. The minimum atomic E-state index is -0.459. The first-order chi connectivity index (χ1) is 19.2. The first-order valence-electron chi connectivity index (χ1n) is 13.1. The van der Waals surface area contributed by atoms with Gasteiger partial charge in [0.15, 0.2) is 0 Å². The molecule has 0 heterocycles. The predicted molar refractivity (Wildman–Crippen MR) is 144 cm³/mol. The molecule has 0 radical (unpaired) electrons. The van der Waals surface area contributed by atoms with Crippen molar-refractivity contribution in [3.05, 3.63) is 36.9 Å². The van der Waals surface area contributed by atoms with Gasteiger partial charge in [-0.15, -0.1) is 0 Å². The van der Waals surface area contributed by atoms with Gasteiger partial charge in [-0.05, 0) is 24.3 Å². The van der Waals surface area contributed by atoms with Crippen molar-refractivity contribution in [2.45, 2.75) is 0 Å². The molecule has 0 aliphatic heterocycles. The van der Waals surface area contributed by atoms with Gasteiger partial charge in [0.25, 0.3) is 0 Å². The van der Waals surface area contributed by atoms with E-state index in [9.17, 15) is 4.79 Å². The second kappa shape index (κ2) is 27.3. The molecular formula is C27H45NO11. The Morgan fingerprint density at radius 2 is 0.846 bits per heavy atom. The minimum absolute atomic E-state index is 0.199. The van der Waals surface area contributed by atoms with Crippen molar-refractivity contribution in [2.24, 2.45) is 0 Å². The van der Waals surface area contributed by atoms with Gasteiger partial charge in [0, 0.05) is 11.8 Å². The van der Waals surface area contributed by atoms with Crippen LogP contribution in [0.5, 0.6) is 5.75 Å². The normalized spacial score (nSPS) is 11.0. The number of ether oxygens (including phenoxy) is 10. The third kappa shape index (κ3) is 24.5. The van der Waals surface area contributed by atoms with Crippen LogP contribution in [-0.4, -0.2) is 125 Å². The van der Waals surface area contributed by atoms with Gasteiger partial charge in [0.1, 0.15) is 19.0 Å². The molecule has 0 amide bonds. The van der Waals surface area contributed by atoms with Crippen molar-refractivity contribution in [3.8, 4) is 5.75 Å². The fourth-order valence-electron chi connectivity index (χ4n) is 2.68. The molecule has 1 aromatic carbocycles.